The van der Waals surface area contributed by atoms with Gasteiger partial charge in [0.25, 0.3) is 0 Å². The van der Waals surface area contributed by atoms with Crippen LogP contribution >= 0.6 is 11.3 Å². The summed E-state index contributed by atoms with van der Waals surface area (Å²) in [5.41, 5.74) is 1.13. The average Bonchev–Trinajstić information content (AvgIpc) is 2.55. The number of aryl methyl sites for hydroxylation is 2. The van der Waals surface area contributed by atoms with Crippen LogP contribution in [0, 0.1) is 13.8 Å². The Kier molecular flexibility index (Phi) is 5.73. The maximum Gasteiger partial charge on any atom is 0.183 e. The SMILES string of the molecule is COCCN(C)CCNc1nc(C)c(C)s1. The van der Waals surface area contributed by atoms with Crippen LogP contribution in [0.2, 0.25) is 0 Å². The van der Waals surface area contributed by atoms with Crippen molar-refractivity contribution in [3.05, 3.63) is 10.6 Å². The third kappa shape index (κ3) is 4.47. The molecular weight excluding hydrogens is 222 g/mol. The lowest BCUT2D eigenvalue weighted by Crippen LogP contribution is -2.28. The van der Waals surface area contributed by atoms with Crippen LogP contribution in [0.4, 0.5) is 5.13 Å². The molecule has 0 radical (unpaired) electrons. The van der Waals surface area contributed by atoms with Gasteiger partial charge in [0.2, 0.25) is 0 Å². The molecule has 0 atom stereocenters. The second-order valence-electron chi connectivity index (χ2n) is 3.88. The second-order valence-corrected chi connectivity index (χ2v) is 5.09. The molecule has 0 spiro atoms. The fourth-order valence-corrected chi connectivity index (χ4v) is 2.10. The third-order valence-electron chi connectivity index (χ3n) is 2.48. The van der Waals surface area contributed by atoms with E-state index in [1.165, 1.54) is 4.88 Å². The number of anilines is 1. The molecule has 1 N–H and O–H groups in total. The molecule has 92 valence electrons. The molecule has 0 fully saturated rings. The number of ether oxygens (including phenoxy) is 1. The molecule has 0 unspecified atom stereocenters. The van der Waals surface area contributed by atoms with Gasteiger partial charge < -0.3 is 15.0 Å². The minimum atomic E-state index is 0.784. The molecule has 16 heavy (non-hydrogen) atoms. The molecule has 0 aromatic carbocycles. The van der Waals surface area contributed by atoms with E-state index in [-0.39, 0.29) is 0 Å². The van der Waals surface area contributed by atoms with Gasteiger partial charge in [0.1, 0.15) is 0 Å². The minimum Gasteiger partial charge on any atom is -0.383 e. The fraction of sp³-hybridized carbons (Fsp3) is 0.727. The average molecular weight is 243 g/mol. The molecule has 0 aliphatic heterocycles. The number of hydrogen-bond acceptors (Lipinski definition) is 5. The van der Waals surface area contributed by atoms with E-state index in [1.54, 1.807) is 18.4 Å². The molecular formula is C11H21N3OS. The standard InChI is InChI=1S/C11H21N3OS/c1-9-10(2)16-11(13-9)12-5-6-14(3)7-8-15-4/h5-8H2,1-4H3,(H,12,13). The van der Waals surface area contributed by atoms with Gasteiger partial charge in [0.05, 0.1) is 12.3 Å². The Balaban J connectivity index is 2.20. The van der Waals surface area contributed by atoms with Gasteiger partial charge in [0.15, 0.2) is 5.13 Å². The highest BCUT2D eigenvalue weighted by atomic mass is 32.1. The molecule has 0 aliphatic carbocycles. The molecule has 0 aliphatic rings. The van der Waals surface area contributed by atoms with Crippen LogP contribution < -0.4 is 5.32 Å². The first-order chi connectivity index (χ1) is 7.63. The van der Waals surface area contributed by atoms with Crippen LogP contribution in [-0.4, -0.2) is 50.3 Å². The zero-order valence-corrected chi connectivity index (χ0v) is 11.4. The summed E-state index contributed by atoms with van der Waals surface area (Å²) in [4.78, 5) is 7.96. The highest BCUT2D eigenvalue weighted by molar-refractivity contribution is 7.15. The van der Waals surface area contributed by atoms with Gasteiger partial charge >= 0.3 is 0 Å². The number of thiazole rings is 1. The van der Waals surface area contributed by atoms with Crippen LogP contribution in [0.25, 0.3) is 0 Å². The van der Waals surface area contributed by atoms with Gasteiger partial charge in [-0.1, -0.05) is 0 Å². The summed E-state index contributed by atoms with van der Waals surface area (Å²) in [7, 11) is 3.83. The number of aromatic nitrogens is 1. The van der Waals surface area contributed by atoms with Crippen LogP contribution in [0.5, 0.6) is 0 Å². The molecule has 1 aromatic rings. The van der Waals surface area contributed by atoms with Gasteiger partial charge in [-0.15, -0.1) is 11.3 Å². The summed E-state index contributed by atoms with van der Waals surface area (Å²) < 4.78 is 5.02. The fourth-order valence-electron chi connectivity index (χ4n) is 1.26. The van der Waals surface area contributed by atoms with Crippen molar-refractivity contribution in [1.29, 1.82) is 0 Å². The lowest BCUT2D eigenvalue weighted by atomic mass is 10.4. The molecule has 0 saturated heterocycles. The molecule has 0 saturated carbocycles. The first-order valence-corrected chi connectivity index (χ1v) is 6.30. The number of likely N-dealkylation sites (N-methyl/N-ethyl adjacent to an activating group) is 1. The Bertz CT molecular complexity index is 295. The number of rotatable bonds is 7. The van der Waals surface area contributed by atoms with E-state index in [4.69, 9.17) is 4.74 Å². The first-order valence-electron chi connectivity index (χ1n) is 5.49. The normalized spacial score (nSPS) is 11.1. The molecule has 1 heterocycles. The summed E-state index contributed by atoms with van der Waals surface area (Å²) in [5, 5.41) is 4.36. The van der Waals surface area contributed by atoms with E-state index >= 15 is 0 Å². The number of nitrogens with one attached hydrogen (secondary N) is 1. The van der Waals surface area contributed by atoms with Gasteiger partial charge in [0, 0.05) is 31.6 Å². The predicted octanol–water partition coefficient (Wildman–Crippen LogP) is 1.75. The molecule has 0 amide bonds. The Hall–Kier alpha value is -0.650. The van der Waals surface area contributed by atoms with Crippen molar-refractivity contribution in [3.8, 4) is 0 Å². The first kappa shape index (κ1) is 13.4. The zero-order valence-electron chi connectivity index (χ0n) is 10.5. The van der Waals surface area contributed by atoms with E-state index < -0.39 is 0 Å². The summed E-state index contributed by atoms with van der Waals surface area (Å²) in [5.74, 6) is 0. The molecule has 5 heteroatoms. The molecule has 0 bridgehead atoms. The summed E-state index contributed by atoms with van der Waals surface area (Å²) in [6.07, 6.45) is 0. The monoisotopic (exact) mass is 243 g/mol. The van der Waals surface area contributed by atoms with Crippen molar-refractivity contribution in [3.63, 3.8) is 0 Å². The molecule has 1 rings (SSSR count). The Morgan fingerprint density at radius 1 is 1.38 bits per heavy atom. The van der Waals surface area contributed by atoms with Crippen molar-refractivity contribution in [1.82, 2.24) is 9.88 Å². The number of hydrogen-bond donors (Lipinski definition) is 1. The number of methoxy groups -OCH3 is 1. The number of nitrogens with zero attached hydrogens (tertiary/aromatic N) is 2. The Labute approximate surface area is 102 Å². The smallest absolute Gasteiger partial charge is 0.183 e. The van der Waals surface area contributed by atoms with E-state index in [9.17, 15) is 0 Å². The quantitative estimate of drug-likeness (QED) is 0.791. The van der Waals surface area contributed by atoms with Gasteiger partial charge in [-0.2, -0.15) is 0 Å². The third-order valence-corrected chi connectivity index (χ3v) is 3.51. The van der Waals surface area contributed by atoms with Crippen molar-refractivity contribution in [2.24, 2.45) is 0 Å². The van der Waals surface area contributed by atoms with Crippen LogP contribution in [0.3, 0.4) is 0 Å². The van der Waals surface area contributed by atoms with Crippen molar-refractivity contribution in [2.45, 2.75) is 13.8 Å². The van der Waals surface area contributed by atoms with Crippen LogP contribution in [-0.2, 0) is 4.74 Å². The summed E-state index contributed by atoms with van der Waals surface area (Å²) >= 11 is 1.72. The topological polar surface area (TPSA) is 37.4 Å². The second kappa shape index (κ2) is 6.83. The van der Waals surface area contributed by atoms with E-state index in [1.807, 2.05) is 6.92 Å². The van der Waals surface area contributed by atoms with Gasteiger partial charge in [-0.3, -0.25) is 0 Å². The van der Waals surface area contributed by atoms with Crippen LogP contribution in [0.1, 0.15) is 10.6 Å². The molecule has 1 aromatic heterocycles. The van der Waals surface area contributed by atoms with Gasteiger partial charge in [-0.25, -0.2) is 4.98 Å². The maximum absolute atomic E-state index is 5.02. The summed E-state index contributed by atoms with van der Waals surface area (Å²) in [6.45, 7) is 7.82. The van der Waals surface area contributed by atoms with E-state index in [0.717, 1.165) is 37.1 Å². The maximum atomic E-state index is 5.02. The Morgan fingerprint density at radius 2 is 2.12 bits per heavy atom. The minimum absolute atomic E-state index is 0.784. The van der Waals surface area contributed by atoms with Crippen molar-refractivity contribution >= 4 is 16.5 Å². The van der Waals surface area contributed by atoms with Crippen molar-refractivity contribution in [2.75, 3.05) is 45.7 Å². The predicted molar refractivity (Wildman–Crippen MR) is 69.5 cm³/mol. The molecule has 4 nitrogen and oxygen atoms in total. The lowest BCUT2D eigenvalue weighted by molar-refractivity contribution is 0.163. The highest BCUT2D eigenvalue weighted by Crippen LogP contribution is 2.20. The Morgan fingerprint density at radius 3 is 2.69 bits per heavy atom. The van der Waals surface area contributed by atoms with Crippen molar-refractivity contribution < 1.29 is 4.74 Å². The van der Waals surface area contributed by atoms with E-state index in [2.05, 4.69) is 29.2 Å². The van der Waals surface area contributed by atoms with Crippen LogP contribution in [0.15, 0.2) is 0 Å². The van der Waals surface area contributed by atoms with Gasteiger partial charge in [-0.05, 0) is 20.9 Å². The highest BCUT2D eigenvalue weighted by Gasteiger charge is 2.03. The summed E-state index contributed by atoms with van der Waals surface area (Å²) in [6, 6.07) is 0. The van der Waals surface area contributed by atoms with E-state index in [0.29, 0.717) is 0 Å². The largest absolute Gasteiger partial charge is 0.383 e. The lowest BCUT2D eigenvalue weighted by Gasteiger charge is -2.15. The zero-order chi connectivity index (χ0) is 12.0.